The van der Waals surface area contributed by atoms with Gasteiger partial charge in [0.15, 0.2) is 5.60 Å². The van der Waals surface area contributed by atoms with Gasteiger partial charge < -0.3 is 15.5 Å². The van der Waals surface area contributed by atoms with Gasteiger partial charge in [-0.1, -0.05) is 0 Å². The Kier molecular flexibility index (Phi) is 4.39. The summed E-state index contributed by atoms with van der Waals surface area (Å²) in [5.41, 5.74) is -3.57. The Hall–Kier alpha value is -1.61. The van der Waals surface area contributed by atoms with Gasteiger partial charge in [0.1, 0.15) is 11.6 Å². The molecule has 1 aliphatic carbocycles. The largest absolute Gasteiger partial charge is 0.509 e. The minimum atomic E-state index is -4.78. The van der Waals surface area contributed by atoms with E-state index in [2.05, 4.69) is 21.2 Å². The zero-order chi connectivity index (χ0) is 19.5. The first-order valence-electron chi connectivity index (χ1n) is 7.92. The van der Waals surface area contributed by atoms with Gasteiger partial charge in [0.25, 0.3) is 5.91 Å². The van der Waals surface area contributed by atoms with Gasteiger partial charge in [-0.2, -0.15) is 13.2 Å². The average Bonchev–Trinajstić information content (AvgIpc) is 2.76. The molecule has 1 fully saturated rings. The van der Waals surface area contributed by atoms with Crippen molar-refractivity contribution in [3.05, 3.63) is 39.3 Å². The Balaban J connectivity index is 1.99. The number of carbonyl (C=O) groups is 1. The molecule has 9 heteroatoms. The number of alkyl halides is 3. The first kappa shape index (κ1) is 19.2. The zero-order valence-corrected chi connectivity index (χ0v) is 15.3. The van der Waals surface area contributed by atoms with Gasteiger partial charge in [-0.05, 0) is 71.8 Å². The minimum absolute atomic E-state index is 0.0827. The Labute approximate surface area is 155 Å². The van der Waals surface area contributed by atoms with Crippen molar-refractivity contribution in [3.63, 3.8) is 0 Å². The van der Waals surface area contributed by atoms with Crippen LogP contribution < -0.4 is 5.32 Å². The number of aliphatic hydroxyl groups is 2. The zero-order valence-electron chi connectivity index (χ0n) is 13.7. The molecular formula is C17H16BrF4NO3. The van der Waals surface area contributed by atoms with Gasteiger partial charge >= 0.3 is 6.18 Å². The van der Waals surface area contributed by atoms with Crippen molar-refractivity contribution in [2.45, 2.75) is 49.9 Å². The van der Waals surface area contributed by atoms with E-state index in [0.29, 0.717) is 11.1 Å². The second-order valence-corrected chi connectivity index (χ2v) is 7.72. The van der Waals surface area contributed by atoms with E-state index in [0.717, 1.165) is 0 Å². The number of carbonyl (C=O) groups excluding carboxylic acids is 1. The number of nitrogens with one attached hydrogen (secondary N) is 1. The van der Waals surface area contributed by atoms with Gasteiger partial charge in [0, 0.05) is 0 Å². The van der Waals surface area contributed by atoms with E-state index in [9.17, 15) is 32.6 Å². The lowest BCUT2D eigenvalue weighted by molar-refractivity contribution is -0.272. The number of amides is 1. The molecule has 0 aromatic heterocycles. The topological polar surface area (TPSA) is 69.6 Å². The predicted molar refractivity (Wildman–Crippen MR) is 88.7 cm³/mol. The van der Waals surface area contributed by atoms with Crippen LogP contribution in [0, 0.1) is 12.7 Å². The number of benzene rings is 1. The average molecular weight is 438 g/mol. The number of aliphatic hydroxyl groups excluding tert-OH is 1. The molecule has 2 aliphatic rings. The lowest BCUT2D eigenvalue weighted by atomic mass is 9.73. The maximum atomic E-state index is 13.6. The fourth-order valence-corrected chi connectivity index (χ4v) is 3.93. The van der Waals surface area contributed by atoms with E-state index < -0.39 is 41.9 Å². The summed E-state index contributed by atoms with van der Waals surface area (Å²) in [5, 5.41) is 23.1. The highest BCUT2D eigenvalue weighted by Crippen LogP contribution is 2.49. The monoisotopic (exact) mass is 437 g/mol. The maximum absolute atomic E-state index is 13.6. The van der Waals surface area contributed by atoms with Crippen molar-refractivity contribution in [2.75, 3.05) is 0 Å². The summed E-state index contributed by atoms with van der Waals surface area (Å²) in [7, 11) is 0. The summed E-state index contributed by atoms with van der Waals surface area (Å²) >= 11 is 3.02. The Morgan fingerprint density at radius 1 is 1.19 bits per heavy atom. The second kappa shape index (κ2) is 5.95. The lowest BCUT2D eigenvalue weighted by Crippen LogP contribution is -2.56. The lowest BCUT2D eigenvalue weighted by Gasteiger charge is -2.42. The van der Waals surface area contributed by atoms with Crippen LogP contribution in [0.5, 0.6) is 0 Å². The molecule has 142 valence electrons. The molecule has 1 saturated carbocycles. The number of hydrogen-bond donors (Lipinski definition) is 3. The summed E-state index contributed by atoms with van der Waals surface area (Å²) in [4.78, 5) is 12.4. The molecule has 1 amide bonds. The number of hydrogen-bond acceptors (Lipinski definition) is 3. The third kappa shape index (κ3) is 2.81. The third-order valence-corrected chi connectivity index (χ3v) is 5.87. The smallest absolute Gasteiger partial charge is 0.417 e. The normalized spacial score (nSPS) is 29.4. The van der Waals surface area contributed by atoms with Gasteiger partial charge in [-0.3, -0.25) is 4.79 Å². The minimum Gasteiger partial charge on any atom is -0.509 e. The molecule has 0 radical (unpaired) electrons. The van der Waals surface area contributed by atoms with Crippen LogP contribution in [-0.4, -0.2) is 33.4 Å². The van der Waals surface area contributed by atoms with E-state index in [4.69, 9.17) is 0 Å². The van der Waals surface area contributed by atoms with Crippen molar-refractivity contribution >= 4 is 27.4 Å². The van der Waals surface area contributed by atoms with Gasteiger partial charge in [-0.25, -0.2) is 4.39 Å². The molecule has 0 atom stereocenters. The first-order chi connectivity index (χ1) is 11.9. The summed E-state index contributed by atoms with van der Waals surface area (Å²) in [6, 6.07) is 2.55. The molecule has 1 aromatic rings. The van der Waals surface area contributed by atoms with E-state index in [1.807, 2.05) is 0 Å². The Bertz CT molecular complexity index is 811. The fraction of sp³-hybridized carbons (Fsp3) is 0.471. The second-order valence-electron chi connectivity index (χ2n) is 6.87. The van der Waals surface area contributed by atoms with Crippen LogP contribution in [0.15, 0.2) is 22.4 Å². The van der Waals surface area contributed by atoms with Crippen LogP contribution in [0.25, 0.3) is 5.57 Å². The van der Waals surface area contributed by atoms with E-state index in [1.165, 1.54) is 12.1 Å². The van der Waals surface area contributed by atoms with Crippen LogP contribution in [0.2, 0.25) is 0 Å². The molecule has 3 rings (SSSR count). The predicted octanol–water partition coefficient (Wildman–Crippen LogP) is 3.90. The number of halogens is 5. The van der Waals surface area contributed by atoms with Gasteiger partial charge in [-0.15, -0.1) is 0 Å². The summed E-state index contributed by atoms with van der Waals surface area (Å²) in [5.74, 6) is -1.54. The van der Waals surface area contributed by atoms with Crippen molar-refractivity contribution in [1.29, 1.82) is 0 Å². The number of aryl methyl sites for hydroxylation is 1. The van der Waals surface area contributed by atoms with E-state index >= 15 is 0 Å². The Morgan fingerprint density at radius 3 is 2.31 bits per heavy atom. The molecule has 4 nitrogen and oxygen atoms in total. The van der Waals surface area contributed by atoms with Crippen molar-refractivity contribution in [1.82, 2.24) is 5.32 Å². The van der Waals surface area contributed by atoms with Crippen LogP contribution in [0.1, 0.15) is 36.8 Å². The summed E-state index contributed by atoms with van der Waals surface area (Å²) < 4.78 is 52.7. The molecule has 1 heterocycles. The molecule has 1 aliphatic heterocycles. The maximum Gasteiger partial charge on any atom is 0.417 e. The highest BCUT2D eigenvalue weighted by Gasteiger charge is 2.59. The van der Waals surface area contributed by atoms with Gasteiger partial charge in [0.2, 0.25) is 0 Å². The van der Waals surface area contributed by atoms with Crippen LogP contribution in [0.4, 0.5) is 17.6 Å². The van der Waals surface area contributed by atoms with Crippen molar-refractivity contribution in [2.24, 2.45) is 0 Å². The van der Waals surface area contributed by atoms with Crippen molar-refractivity contribution in [3.8, 4) is 0 Å². The van der Waals surface area contributed by atoms with E-state index in [1.54, 1.807) is 6.92 Å². The quantitative estimate of drug-likeness (QED) is 0.583. The van der Waals surface area contributed by atoms with Crippen LogP contribution in [0.3, 0.4) is 0 Å². The first-order valence-corrected chi connectivity index (χ1v) is 8.71. The highest BCUT2D eigenvalue weighted by molar-refractivity contribution is 9.10. The SMILES string of the molecule is Cc1cc(F)c(Br)cc1C1=C(O)C2(CCC(O)(C(F)(F)F)CC2)NC1=O. The summed E-state index contributed by atoms with van der Waals surface area (Å²) in [6.07, 6.45) is -6.57. The van der Waals surface area contributed by atoms with Crippen LogP contribution >= 0.6 is 15.9 Å². The van der Waals surface area contributed by atoms with Crippen molar-refractivity contribution < 1.29 is 32.6 Å². The molecule has 0 bridgehead atoms. The molecule has 26 heavy (non-hydrogen) atoms. The molecular weight excluding hydrogens is 422 g/mol. The van der Waals surface area contributed by atoms with Crippen LogP contribution in [-0.2, 0) is 4.79 Å². The molecule has 3 N–H and O–H groups in total. The van der Waals surface area contributed by atoms with E-state index in [-0.39, 0.29) is 28.6 Å². The number of rotatable bonds is 1. The summed E-state index contributed by atoms with van der Waals surface area (Å²) in [6.45, 7) is 1.56. The Morgan fingerprint density at radius 2 is 1.77 bits per heavy atom. The van der Waals surface area contributed by atoms with Gasteiger partial charge in [0.05, 0.1) is 15.6 Å². The molecule has 0 saturated heterocycles. The molecule has 1 spiro atoms. The standard InChI is InChI=1S/C17H16BrF4NO3/c1-8-6-11(19)10(18)7-9(8)12-13(24)15(23-14(12)25)2-4-16(26,5-3-15)17(20,21)22/h6-7,24,26H,2-5H2,1H3,(H,23,25). The molecule has 1 aromatic carbocycles. The molecule has 0 unspecified atom stereocenters. The third-order valence-electron chi connectivity index (χ3n) is 5.26. The highest BCUT2D eigenvalue weighted by atomic mass is 79.9. The fourth-order valence-electron chi connectivity index (χ4n) is 3.59.